The molecule has 0 fully saturated rings. The average molecular weight is 413 g/mol. The van der Waals surface area contributed by atoms with Gasteiger partial charge in [0.2, 0.25) is 6.08 Å². The number of hydrogen-bond donors (Lipinski definition) is 1. The normalized spacial score (nSPS) is 11.1. The Bertz CT molecular complexity index is 420. The standard InChI is InChI=1S/C23H45N3O3/c1-4-17-26(18-5-2,19-6-3)20-13-9-10-14-21-29-23(28)25-16-12-8-7-11-15-24-22-27/h4-21H2,1-3H3/p+1. The third-order valence-corrected chi connectivity index (χ3v) is 5.38. The summed E-state index contributed by atoms with van der Waals surface area (Å²) in [5.41, 5.74) is 0. The summed E-state index contributed by atoms with van der Waals surface area (Å²) < 4.78 is 6.54. The summed E-state index contributed by atoms with van der Waals surface area (Å²) in [6.07, 6.45) is 13.4. The van der Waals surface area contributed by atoms with Crippen LogP contribution in [0.1, 0.15) is 91.4 Å². The summed E-state index contributed by atoms with van der Waals surface area (Å²) in [5.74, 6) is 0. The maximum atomic E-state index is 11.7. The molecular weight excluding hydrogens is 366 g/mol. The van der Waals surface area contributed by atoms with E-state index in [1.807, 2.05) is 0 Å². The minimum Gasteiger partial charge on any atom is -0.450 e. The van der Waals surface area contributed by atoms with Crippen LogP contribution < -0.4 is 5.32 Å². The molecule has 0 rings (SSSR count). The molecule has 0 spiro atoms. The number of carbonyl (C=O) groups is 1. The molecule has 0 unspecified atom stereocenters. The van der Waals surface area contributed by atoms with Gasteiger partial charge in [0.25, 0.3) is 0 Å². The summed E-state index contributed by atoms with van der Waals surface area (Å²) in [5, 5.41) is 2.80. The van der Waals surface area contributed by atoms with Gasteiger partial charge < -0.3 is 14.5 Å². The SMILES string of the molecule is CCC[N+](CCC)(CCC)CCCCCCOC(=O)NCCCCCCN=C=O. The lowest BCUT2D eigenvalue weighted by atomic mass is 10.1. The van der Waals surface area contributed by atoms with Gasteiger partial charge in [-0.2, -0.15) is 0 Å². The Labute approximate surface area is 179 Å². The lowest BCUT2D eigenvalue weighted by Crippen LogP contribution is -2.50. The van der Waals surface area contributed by atoms with E-state index in [1.165, 1.54) is 62.8 Å². The first kappa shape index (κ1) is 27.6. The Kier molecular flexibility index (Phi) is 19.0. The second-order valence-electron chi connectivity index (χ2n) is 8.10. The highest BCUT2D eigenvalue weighted by atomic mass is 16.5. The molecule has 0 aliphatic heterocycles. The minimum absolute atomic E-state index is 0.305. The van der Waals surface area contributed by atoms with E-state index < -0.39 is 0 Å². The Morgan fingerprint density at radius 3 is 2.03 bits per heavy atom. The number of rotatable bonds is 20. The van der Waals surface area contributed by atoms with Gasteiger partial charge >= 0.3 is 6.09 Å². The number of unbranched alkanes of at least 4 members (excludes halogenated alkanes) is 6. The van der Waals surface area contributed by atoms with E-state index in [1.54, 1.807) is 6.08 Å². The fourth-order valence-electron chi connectivity index (χ4n) is 4.12. The molecular formula is C23H46N3O3+. The summed E-state index contributed by atoms with van der Waals surface area (Å²) in [4.78, 5) is 25.1. The zero-order valence-electron chi connectivity index (χ0n) is 19.3. The van der Waals surface area contributed by atoms with Crippen molar-refractivity contribution in [3.63, 3.8) is 0 Å². The Morgan fingerprint density at radius 1 is 0.828 bits per heavy atom. The van der Waals surface area contributed by atoms with Gasteiger partial charge in [0.05, 0.1) is 39.3 Å². The number of hydrogen-bond acceptors (Lipinski definition) is 4. The molecule has 170 valence electrons. The van der Waals surface area contributed by atoms with Gasteiger partial charge in [-0.1, -0.05) is 33.6 Å². The first-order chi connectivity index (χ1) is 14.1. The molecule has 6 nitrogen and oxygen atoms in total. The maximum Gasteiger partial charge on any atom is 0.407 e. The number of nitrogens with zero attached hydrogens (tertiary/aromatic N) is 2. The van der Waals surface area contributed by atoms with E-state index in [0.29, 0.717) is 19.7 Å². The third-order valence-electron chi connectivity index (χ3n) is 5.38. The van der Waals surface area contributed by atoms with Gasteiger partial charge in [-0.25, -0.2) is 14.6 Å². The van der Waals surface area contributed by atoms with Crippen LogP contribution in [0.25, 0.3) is 0 Å². The van der Waals surface area contributed by atoms with Gasteiger partial charge in [-0.15, -0.1) is 0 Å². The van der Waals surface area contributed by atoms with E-state index in [0.717, 1.165) is 38.5 Å². The van der Waals surface area contributed by atoms with Crippen molar-refractivity contribution < 1.29 is 18.8 Å². The van der Waals surface area contributed by atoms with Crippen molar-refractivity contribution in [3.05, 3.63) is 0 Å². The van der Waals surface area contributed by atoms with Crippen LogP contribution in [0.15, 0.2) is 4.99 Å². The van der Waals surface area contributed by atoms with Crippen LogP contribution in [0.3, 0.4) is 0 Å². The fourth-order valence-corrected chi connectivity index (χ4v) is 4.12. The Hall–Kier alpha value is -1.39. The largest absolute Gasteiger partial charge is 0.450 e. The van der Waals surface area contributed by atoms with Crippen molar-refractivity contribution in [2.24, 2.45) is 4.99 Å². The van der Waals surface area contributed by atoms with Crippen molar-refractivity contribution in [2.75, 3.05) is 45.9 Å². The number of alkyl carbamates (subject to hydrolysis) is 1. The zero-order valence-corrected chi connectivity index (χ0v) is 19.3. The van der Waals surface area contributed by atoms with Crippen LogP contribution in [-0.2, 0) is 9.53 Å². The molecule has 1 N–H and O–H groups in total. The lowest BCUT2D eigenvalue weighted by molar-refractivity contribution is -0.928. The highest BCUT2D eigenvalue weighted by molar-refractivity contribution is 5.66. The zero-order chi connectivity index (χ0) is 21.6. The predicted molar refractivity (Wildman–Crippen MR) is 120 cm³/mol. The van der Waals surface area contributed by atoms with Crippen LogP contribution >= 0.6 is 0 Å². The molecule has 0 aromatic heterocycles. The first-order valence-corrected chi connectivity index (χ1v) is 11.9. The van der Waals surface area contributed by atoms with Crippen molar-refractivity contribution >= 4 is 12.2 Å². The number of carbonyl (C=O) groups excluding carboxylic acids is 2. The van der Waals surface area contributed by atoms with E-state index in [-0.39, 0.29) is 6.09 Å². The Balaban J connectivity index is 3.67. The van der Waals surface area contributed by atoms with Gasteiger partial charge in [-0.05, 0) is 57.8 Å². The molecule has 0 saturated carbocycles. The highest BCUT2D eigenvalue weighted by Crippen LogP contribution is 2.15. The number of quaternary nitrogens is 1. The summed E-state index contributed by atoms with van der Waals surface area (Å²) in [7, 11) is 0. The number of aliphatic imine (C=N–C) groups is 1. The van der Waals surface area contributed by atoms with Gasteiger partial charge in [0.1, 0.15) is 0 Å². The summed E-state index contributed by atoms with van der Waals surface area (Å²) in [6.45, 7) is 13.8. The molecule has 0 saturated heterocycles. The number of isocyanates is 1. The van der Waals surface area contributed by atoms with E-state index >= 15 is 0 Å². The van der Waals surface area contributed by atoms with Crippen molar-refractivity contribution in [3.8, 4) is 0 Å². The smallest absolute Gasteiger partial charge is 0.407 e. The quantitative estimate of drug-likeness (QED) is 0.129. The molecule has 0 aromatic rings. The molecule has 0 bridgehead atoms. The van der Waals surface area contributed by atoms with Crippen LogP contribution in [0.5, 0.6) is 0 Å². The summed E-state index contributed by atoms with van der Waals surface area (Å²) in [6, 6.07) is 0. The number of amides is 1. The van der Waals surface area contributed by atoms with E-state index in [4.69, 9.17) is 4.74 Å². The monoisotopic (exact) mass is 412 g/mol. The molecule has 0 aromatic carbocycles. The third kappa shape index (κ3) is 16.1. The van der Waals surface area contributed by atoms with Crippen LogP contribution in [0, 0.1) is 0 Å². The topological polar surface area (TPSA) is 67.8 Å². The van der Waals surface area contributed by atoms with Gasteiger partial charge in [0.15, 0.2) is 0 Å². The first-order valence-electron chi connectivity index (χ1n) is 11.9. The molecule has 0 heterocycles. The molecule has 6 heteroatoms. The molecule has 0 aliphatic carbocycles. The van der Waals surface area contributed by atoms with Crippen molar-refractivity contribution in [2.45, 2.75) is 91.4 Å². The van der Waals surface area contributed by atoms with Crippen molar-refractivity contribution in [1.82, 2.24) is 5.32 Å². The van der Waals surface area contributed by atoms with E-state index in [9.17, 15) is 9.59 Å². The lowest BCUT2D eigenvalue weighted by Gasteiger charge is -2.38. The minimum atomic E-state index is -0.305. The highest BCUT2D eigenvalue weighted by Gasteiger charge is 2.23. The fraction of sp³-hybridized carbons (Fsp3) is 0.913. The van der Waals surface area contributed by atoms with Gasteiger partial charge in [0, 0.05) is 6.54 Å². The van der Waals surface area contributed by atoms with Crippen LogP contribution in [0.2, 0.25) is 0 Å². The number of nitrogens with one attached hydrogen (secondary N) is 1. The van der Waals surface area contributed by atoms with Gasteiger partial charge in [-0.3, -0.25) is 0 Å². The second-order valence-corrected chi connectivity index (χ2v) is 8.10. The second kappa shape index (κ2) is 19.9. The molecule has 0 radical (unpaired) electrons. The molecule has 0 aliphatic rings. The maximum absolute atomic E-state index is 11.7. The summed E-state index contributed by atoms with van der Waals surface area (Å²) >= 11 is 0. The molecule has 29 heavy (non-hydrogen) atoms. The predicted octanol–water partition coefficient (Wildman–Crippen LogP) is 5.22. The average Bonchev–Trinajstić information content (AvgIpc) is 2.70. The number of ether oxygens (including phenoxy) is 1. The van der Waals surface area contributed by atoms with Crippen molar-refractivity contribution in [1.29, 1.82) is 0 Å². The van der Waals surface area contributed by atoms with Crippen LogP contribution in [-0.4, -0.2) is 62.5 Å². The molecule has 0 atom stereocenters. The Morgan fingerprint density at radius 2 is 1.41 bits per heavy atom. The van der Waals surface area contributed by atoms with E-state index in [2.05, 4.69) is 31.1 Å². The van der Waals surface area contributed by atoms with Crippen LogP contribution in [0.4, 0.5) is 4.79 Å². The molecule has 1 amide bonds.